The number of nitrogens with one attached hydrogen (secondary N) is 2. The predicted molar refractivity (Wildman–Crippen MR) is 136 cm³/mol. The van der Waals surface area contributed by atoms with Crippen molar-refractivity contribution in [3.63, 3.8) is 0 Å². The van der Waals surface area contributed by atoms with E-state index < -0.39 is 17.9 Å². The van der Waals surface area contributed by atoms with Crippen molar-refractivity contribution >= 4 is 51.0 Å². The largest absolute Gasteiger partial charge is 0.493 e. The molecule has 11 heteroatoms. The van der Waals surface area contributed by atoms with E-state index in [1.807, 2.05) is 25.1 Å². The second kappa shape index (κ2) is 13.1. The van der Waals surface area contributed by atoms with Gasteiger partial charge in [-0.25, -0.2) is 0 Å². The van der Waals surface area contributed by atoms with E-state index in [9.17, 15) is 14.4 Å². The predicted octanol–water partition coefficient (Wildman–Crippen LogP) is 2.68. The molecule has 1 saturated heterocycles. The van der Waals surface area contributed by atoms with Crippen LogP contribution in [-0.4, -0.2) is 66.7 Å². The summed E-state index contributed by atoms with van der Waals surface area (Å²) in [5, 5.41) is 5.41. The summed E-state index contributed by atoms with van der Waals surface area (Å²) < 4.78 is 17.0. The number of carbonyl (C=O) groups is 3. The van der Waals surface area contributed by atoms with Crippen LogP contribution in [0.3, 0.4) is 0 Å². The highest BCUT2D eigenvalue weighted by Gasteiger charge is 2.34. The van der Waals surface area contributed by atoms with Crippen molar-refractivity contribution in [1.29, 1.82) is 0 Å². The fraction of sp³-hybridized carbons (Fsp3) is 0.333. The van der Waals surface area contributed by atoms with Crippen LogP contribution in [-0.2, 0) is 14.3 Å². The van der Waals surface area contributed by atoms with Gasteiger partial charge in [0.15, 0.2) is 5.11 Å². The van der Waals surface area contributed by atoms with Crippen molar-refractivity contribution < 1.29 is 28.6 Å². The standard InChI is InChI=1S/C24H26BrN3O6S/c1-2-32-20-9-8-16(25)14-18(20)22(30)27-24(35)28-11-10-26-23(31)19(28)15-21(29)34-13-12-33-17-6-4-3-5-7-17/h3-9,14,19H,2,10-13,15H2,1H3,(H,26,31)(H,27,30,35). The van der Waals surface area contributed by atoms with Crippen molar-refractivity contribution in [3.05, 3.63) is 58.6 Å². The Hall–Kier alpha value is -3.18. The molecule has 35 heavy (non-hydrogen) atoms. The van der Waals surface area contributed by atoms with E-state index in [2.05, 4.69) is 26.6 Å². The Bertz CT molecular complexity index is 1070. The third-order valence-corrected chi connectivity index (χ3v) is 5.85. The summed E-state index contributed by atoms with van der Waals surface area (Å²) in [6, 6.07) is 13.3. The molecule has 1 unspecified atom stereocenters. The van der Waals surface area contributed by atoms with E-state index in [1.165, 1.54) is 4.90 Å². The molecule has 0 saturated carbocycles. The Labute approximate surface area is 217 Å². The van der Waals surface area contributed by atoms with E-state index >= 15 is 0 Å². The van der Waals surface area contributed by atoms with Gasteiger partial charge in [0.1, 0.15) is 30.8 Å². The van der Waals surface area contributed by atoms with Crippen molar-refractivity contribution in [1.82, 2.24) is 15.5 Å². The quantitative estimate of drug-likeness (QED) is 0.272. The smallest absolute Gasteiger partial charge is 0.308 e. The molecule has 1 aliphatic heterocycles. The number of para-hydroxylation sites is 1. The molecule has 9 nitrogen and oxygen atoms in total. The lowest BCUT2D eigenvalue weighted by atomic mass is 10.1. The van der Waals surface area contributed by atoms with Crippen LogP contribution >= 0.6 is 28.1 Å². The van der Waals surface area contributed by atoms with E-state index in [1.54, 1.807) is 30.3 Å². The Morgan fingerprint density at radius 2 is 1.94 bits per heavy atom. The van der Waals surface area contributed by atoms with Gasteiger partial charge in [0.05, 0.1) is 18.6 Å². The molecule has 2 aromatic carbocycles. The number of halogens is 1. The van der Waals surface area contributed by atoms with Crippen LogP contribution in [0.5, 0.6) is 11.5 Å². The molecule has 0 bridgehead atoms. The number of rotatable bonds is 9. The summed E-state index contributed by atoms with van der Waals surface area (Å²) in [4.78, 5) is 39.3. The molecule has 0 aliphatic carbocycles. The molecule has 1 aliphatic rings. The third kappa shape index (κ3) is 7.66. The van der Waals surface area contributed by atoms with Gasteiger partial charge in [-0.2, -0.15) is 0 Å². The van der Waals surface area contributed by atoms with Crippen LogP contribution in [0.25, 0.3) is 0 Å². The minimum Gasteiger partial charge on any atom is -0.493 e. The average molecular weight is 564 g/mol. The SMILES string of the molecule is CCOc1ccc(Br)cc1C(=O)NC(=S)N1CCNC(=O)C1CC(=O)OCCOc1ccccc1. The molecule has 1 fully saturated rings. The molecule has 3 rings (SSSR count). The van der Waals surface area contributed by atoms with Gasteiger partial charge in [0.25, 0.3) is 5.91 Å². The fourth-order valence-electron chi connectivity index (χ4n) is 3.41. The number of benzene rings is 2. The molecule has 2 aromatic rings. The summed E-state index contributed by atoms with van der Waals surface area (Å²) in [5.41, 5.74) is 0.291. The van der Waals surface area contributed by atoms with Gasteiger partial charge in [0, 0.05) is 17.6 Å². The van der Waals surface area contributed by atoms with Gasteiger partial charge in [-0.15, -0.1) is 0 Å². The fourth-order valence-corrected chi connectivity index (χ4v) is 4.08. The van der Waals surface area contributed by atoms with Crippen LogP contribution < -0.4 is 20.1 Å². The van der Waals surface area contributed by atoms with Gasteiger partial charge in [-0.3, -0.25) is 19.7 Å². The van der Waals surface area contributed by atoms with Gasteiger partial charge >= 0.3 is 5.97 Å². The van der Waals surface area contributed by atoms with E-state index in [0.717, 1.165) is 0 Å². The highest BCUT2D eigenvalue weighted by Crippen LogP contribution is 2.23. The molecule has 0 aromatic heterocycles. The number of thiocarbonyl (C=S) groups is 1. The van der Waals surface area contributed by atoms with Gasteiger partial charge in [-0.1, -0.05) is 34.1 Å². The summed E-state index contributed by atoms with van der Waals surface area (Å²) in [7, 11) is 0. The maximum Gasteiger partial charge on any atom is 0.308 e. The van der Waals surface area contributed by atoms with Crippen molar-refractivity contribution in [3.8, 4) is 11.5 Å². The number of hydrogen-bond acceptors (Lipinski definition) is 7. The van der Waals surface area contributed by atoms with E-state index in [4.69, 9.17) is 26.4 Å². The van der Waals surface area contributed by atoms with Crippen LogP contribution in [0.15, 0.2) is 53.0 Å². The number of amides is 2. The minimum atomic E-state index is -0.909. The van der Waals surface area contributed by atoms with E-state index in [-0.39, 0.29) is 30.7 Å². The molecule has 2 amide bonds. The number of ether oxygens (including phenoxy) is 3. The molecule has 1 heterocycles. The average Bonchev–Trinajstić information content (AvgIpc) is 2.85. The Morgan fingerprint density at radius 3 is 2.69 bits per heavy atom. The lowest BCUT2D eigenvalue weighted by Crippen LogP contribution is -2.60. The van der Waals surface area contributed by atoms with Crippen molar-refractivity contribution in [2.75, 3.05) is 32.9 Å². The second-order valence-corrected chi connectivity index (χ2v) is 8.72. The first-order valence-corrected chi connectivity index (χ1v) is 12.2. The molecule has 186 valence electrons. The maximum atomic E-state index is 12.9. The monoisotopic (exact) mass is 563 g/mol. The Morgan fingerprint density at radius 1 is 1.17 bits per heavy atom. The number of esters is 1. The van der Waals surface area contributed by atoms with Crippen molar-refractivity contribution in [2.24, 2.45) is 0 Å². The van der Waals surface area contributed by atoms with Crippen molar-refractivity contribution in [2.45, 2.75) is 19.4 Å². The first kappa shape index (κ1) is 26.4. The zero-order chi connectivity index (χ0) is 25.2. The normalized spacial score (nSPS) is 15.1. The number of hydrogen-bond donors (Lipinski definition) is 2. The number of carbonyl (C=O) groups excluding carboxylic acids is 3. The summed E-state index contributed by atoms with van der Waals surface area (Å²) >= 11 is 8.77. The summed E-state index contributed by atoms with van der Waals surface area (Å²) in [6.45, 7) is 3.08. The molecule has 1 atom stereocenters. The van der Waals surface area contributed by atoms with Gasteiger partial charge < -0.3 is 24.4 Å². The number of nitrogens with zero attached hydrogens (tertiary/aromatic N) is 1. The summed E-state index contributed by atoms with van der Waals surface area (Å²) in [5.74, 6) is -0.355. The lowest BCUT2D eigenvalue weighted by molar-refractivity contribution is -0.148. The molecule has 2 N–H and O–H groups in total. The zero-order valence-corrected chi connectivity index (χ0v) is 21.5. The highest BCUT2D eigenvalue weighted by atomic mass is 79.9. The molecular weight excluding hydrogens is 538 g/mol. The maximum absolute atomic E-state index is 12.9. The topological polar surface area (TPSA) is 106 Å². The van der Waals surface area contributed by atoms with Gasteiger partial charge in [-0.05, 0) is 49.5 Å². The lowest BCUT2D eigenvalue weighted by Gasteiger charge is -2.36. The zero-order valence-electron chi connectivity index (χ0n) is 19.1. The number of piperazine rings is 1. The molecule has 0 spiro atoms. The van der Waals surface area contributed by atoms with Crippen LogP contribution in [0.1, 0.15) is 23.7 Å². The molecular formula is C24H26BrN3O6S. The van der Waals surface area contributed by atoms with Crippen LogP contribution in [0.4, 0.5) is 0 Å². The summed E-state index contributed by atoms with van der Waals surface area (Å²) in [6.07, 6.45) is -0.228. The second-order valence-electron chi connectivity index (χ2n) is 7.42. The highest BCUT2D eigenvalue weighted by molar-refractivity contribution is 9.10. The van der Waals surface area contributed by atoms with Crippen LogP contribution in [0, 0.1) is 0 Å². The van der Waals surface area contributed by atoms with E-state index in [0.29, 0.717) is 41.2 Å². The Balaban J connectivity index is 1.57. The molecule has 0 radical (unpaired) electrons. The first-order valence-electron chi connectivity index (χ1n) is 11.0. The minimum absolute atomic E-state index is 0.0341. The van der Waals surface area contributed by atoms with Gasteiger partial charge in [0.2, 0.25) is 5.91 Å². The third-order valence-electron chi connectivity index (χ3n) is 5.02. The Kier molecular flexibility index (Phi) is 9.86. The first-order chi connectivity index (χ1) is 16.9. The van der Waals surface area contributed by atoms with Crippen LogP contribution in [0.2, 0.25) is 0 Å².